The van der Waals surface area contributed by atoms with Crippen LogP contribution in [0.3, 0.4) is 0 Å². The SMILES string of the molecule is CC(NC(=O)N1CCN(c2ccc(F)cc2)CC1)C(=O)Nc1nncs1. The molecule has 1 saturated heterocycles. The third kappa shape index (κ3) is 4.45. The van der Waals surface area contributed by atoms with Crippen molar-refractivity contribution in [2.24, 2.45) is 0 Å². The molecule has 1 aliphatic heterocycles. The highest BCUT2D eigenvalue weighted by atomic mass is 32.1. The number of nitrogens with zero attached hydrogens (tertiary/aromatic N) is 4. The number of aromatic nitrogens is 2. The molecule has 2 heterocycles. The Labute approximate surface area is 154 Å². The molecule has 0 bridgehead atoms. The molecule has 1 unspecified atom stereocenters. The lowest BCUT2D eigenvalue weighted by Gasteiger charge is -2.36. The number of benzene rings is 1. The van der Waals surface area contributed by atoms with Gasteiger partial charge in [0.25, 0.3) is 0 Å². The number of halogens is 1. The van der Waals surface area contributed by atoms with E-state index in [1.165, 1.54) is 29.0 Å². The van der Waals surface area contributed by atoms with Crippen LogP contribution in [0.1, 0.15) is 6.92 Å². The Hall–Kier alpha value is -2.75. The molecule has 0 aliphatic carbocycles. The number of urea groups is 1. The molecule has 8 nitrogen and oxygen atoms in total. The number of rotatable bonds is 4. The molecule has 1 aliphatic rings. The summed E-state index contributed by atoms with van der Waals surface area (Å²) in [4.78, 5) is 28.1. The molecule has 1 aromatic carbocycles. The predicted molar refractivity (Wildman–Crippen MR) is 96.7 cm³/mol. The number of nitrogens with one attached hydrogen (secondary N) is 2. The van der Waals surface area contributed by atoms with Crippen molar-refractivity contribution in [1.29, 1.82) is 0 Å². The minimum atomic E-state index is -0.693. The summed E-state index contributed by atoms with van der Waals surface area (Å²) in [5, 5.41) is 13.0. The largest absolute Gasteiger partial charge is 0.368 e. The molecular weight excluding hydrogens is 359 g/mol. The van der Waals surface area contributed by atoms with Crippen molar-refractivity contribution in [3.63, 3.8) is 0 Å². The third-order valence-corrected chi connectivity index (χ3v) is 4.69. The van der Waals surface area contributed by atoms with E-state index in [2.05, 4.69) is 25.7 Å². The molecule has 2 N–H and O–H groups in total. The van der Waals surface area contributed by atoms with Gasteiger partial charge in [0.05, 0.1) is 0 Å². The van der Waals surface area contributed by atoms with E-state index in [4.69, 9.17) is 0 Å². The van der Waals surface area contributed by atoms with Gasteiger partial charge in [-0.1, -0.05) is 11.3 Å². The van der Waals surface area contributed by atoms with Crippen LogP contribution in [0.4, 0.5) is 20.0 Å². The lowest BCUT2D eigenvalue weighted by molar-refractivity contribution is -0.117. The van der Waals surface area contributed by atoms with E-state index in [0.29, 0.717) is 31.3 Å². The van der Waals surface area contributed by atoms with Crippen LogP contribution in [0.15, 0.2) is 29.8 Å². The summed E-state index contributed by atoms with van der Waals surface area (Å²) in [7, 11) is 0. The first-order chi connectivity index (χ1) is 12.5. The average Bonchev–Trinajstić information content (AvgIpc) is 3.15. The first-order valence-electron chi connectivity index (χ1n) is 8.16. The fourth-order valence-corrected chi connectivity index (χ4v) is 3.05. The standard InChI is InChI=1S/C16H19FN6O2S/c1-11(14(24)20-15-21-18-10-26-15)19-16(25)23-8-6-22(7-9-23)13-4-2-12(17)3-5-13/h2-5,10-11H,6-9H2,1H3,(H,19,25)(H,20,21,24). The van der Waals surface area contributed by atoms with Crippen LogP contribution in [-0.4, -0.2) is 59.3 Å². The van der Waals surface area contributed by atoms with Crippen molar-refractivity contribution in [2.75, 3.05) is 36.4 Å². The molecule has 1 fully saturated rings. The van der Waals surface area contributed by atoms with Gasteiger partial charge in [0, 0.05) is 31.9 Å². The van der Waals surface area contributed by atoms with E-state index in [-0.39, 0.29) is 17.8 Å². The zero-order valence-electron chi connectivity index (χ0n) is 14.2. The van der Waals surface area contributed by atoms with Gasteiger partial charge < -0.3 is 15.1 Å². The second-order valence-corrected chi connectivity index (χ2v) is 6.69. The molecule has 0 saturated carbocycles. The molecule has 10 heteroatoms. The van der Waals surface area contributed by atoms with Gasteiger partial charge in [-0.15, -0.1) is 10.2 Å². The van der Waals surface area contributed by atoms with Gasteiger partial charge in [-0.25, -0.2) is 9.18 Å². The fourth-order valence-electron chi connectivity index (χ4n) is 2.60. The maximum absolute atomic E-state index is 13.0. The van der Waals surface area contributed by atoms with Crippen LogP contribution >= 0.6 is 11.3 Å². The average molecular weight is 378 g/mol. The van der Waals surface area contributed by atoms with Crippen molar-refractivity contribution in [3.8, 4) is 0 Å². The smallest absolute Gasteiger partial charge is 0.318 e. The molecule has 1 atom stereocenters. The van der Waals surface area contributed by atoms with Crippen LogP contribution < -0.4 is 15.5 Å². The van der Waals surface area contributed by atoms with Crippen molar-refractivity contribution in [3.05, 3.63) is 35.6 Å². The Bertz CT molecular complexity index is 747. The first-order valence-corrected chi connectivity index (χ1v) is 9.04. The lowest BCUT2D eigenvalue weighted by atomic mass is 10.2. The number of carbonyl (C=O) groups is 2. The Morgan fingerprint density at radius 3 is 2.50 bits per heavy atom. The molecule has 0 radical (unpaired) electrons. The van der Waals surface area contributed by atoms with E-state index < -0.39 is 6.04 Å². The van der Waals surface area contributed by atoms with Crippen molar-refractivity contribution in [1.82, 2.24) is 20.4 Å². The number of carbonyl (C=O) groups excluding carboxylic acids is 2. The van der Waals surface area contributed by atoms with Crippen LogP contribution in [-0.2, 0) is 4.79 Å². The summed E-state index contributed by atoms with van der Waals surface area (Å²) in [6.07, 6.45) is 0. The number of piperazine rings is 1. The number of hydrogen-bond donors (Lipinski definition) is 2. The topological polar surface area (TPSA) is 90.5 Å². The zero-order valence-corrected chi connectivity index (χ0v) is 15.0. The highest BCUT2D eigenvalue weighted by Gasteiger charge is 2.24. The van der Waals surface area contributed by atoms with Crippen LogP contribution in [0.2, 0.25) is 0 Å². The Kier molecular flexibility index (Phi) is 5.61. The number of amides is 3. The van der Waals surface area contributed by atoms with E-state index >= 15 is 0 Å². The fraction of sp³-hybridized carbons (Fsp3) is 0.375. The third-order valence-electron chi connectivity index (χ3n) is 4.08. The van der Waals surface area contributed by atoms with Crippen molar-refractivity contribution >= 4 is 34.1 Å². The van der Waals surface area contributed by atoms with E-state index in [1.807, 2.05) is 0 Å². The van der Waals surface area contributed by atoms with Gasteiger partial charge >= 0.3 is 6.03 Å². The first kappa shape index (κ1) is 18.1. The van der Waals surface area contributed by atoms with E-state index in [1.54, 1.807) is 24.0 Å². The highest BCUT2D eigenvalue weighted by molar-refractivity contribution is 7.13. The summed E-state index contributed by atoms with van der Waals surface area (Å²) in [5.74, 6) is -0.618. The van der Waals surface area contributed by atoms with Crippen LogP contribution in [0.25, 0.3) is 0 Å². The van der Waals surface area contributed by atoms with Crippen LogP contribution in [0, 0.1) is 5.82 Å². The Balaban J connectivity index is 1.47. The van der Waals surface area contributed by atoms with Gasteiger partial charge in [0.15, 0.2) is 0 Å². The van der Waals surface area contributed by atoms with Crippen LogP contribution in [0.5, 0.6) is 0 Å². The van der Waals surface area contributed by atoms with Crippen molar-refractivity contribution in [2.45, 2.75) is 13.0 Å². The quantitative estimate of drug-likeness (QED) is 0.842. The normalized spacial score (nSPS) is 15.5. The molecule has 3 amide bonds. The summed E-state index contributed by atoms with van der Waals surface area (Å²) >= 11 is 1.21. The molecule has 26 heavy (non-hydrogen) atoms. The van der Waals surface area contributed by atoms with Gasteiger partial charge in [0.1, 0.15) is 17.4 Å². The zero-order chi connectivity index (χ0) is 18.5. The Morgan fingerprint density at radius 2 is 1.88 bits per heavy atom. The van der Waals surface area contributed by atoms with Gasteiger partial charge in [0.2, 0.25) is 11.0 Å². The highest BCUT2D eigenvalue weighted by Crippen LogP contribution is 2.17. The maximum atomic E-state index is 13.0. The monoisotopic (exact) mass is 378 g/mol. The summed E-state index contributed by atoms with van der Waals surface area (Å²) in [6.45, 7) is 3.94. The maximum Gasteiger partial charge on any atom is 0.318 e. The minimum Gasteiger partial charge on any atom is -0.368 e. The number of anilines is 2. The molecule has 0 spiro atoms. The van der Waals surface area contributed by atoms with Gasteiger partial charge in [-0.2, -0.15) is 0 Å². The second kappa shape index (κ2) is 8.09. The van der Waals surface area contributed by atoms with E-state index in [9.17, 15) is 14.0 Å². The predicted octanol–water partition coefficient (Wildman–Crippen LogP) is 1.54. The lowest BCUT2D eigenvalue weighted by Crippen LogP contribution is -2.54. The minimum absolute atomic E-state index is 0.271. The molecule has 2 aromatic rings. The molecule has 1 aromatic heterocycles. The van der Waals surface area contributed by atoms with E-state index in [0.717, 1.165) is 5.69 Å². The molecule has 138 valence electrons. The molecular formula is C16H19FN6O2S. The van der Waals surface area contributed by atoms with Gasteiger partial charge in [-0.3, -0.25) is 10.1 Å². The Morgan fingerprint density at radius 1 is 1.19 bits per heavy atom. The number of hydrogen-bond acceptors (Lipinski definition) is 6. The van der Waals surface area contributed by atoms with Gasteiger partial charge in [-0.05, 0) is 31.2 Å². The molecule has 3 rings (SSSR count). The summed E-state index contributed by atoms with van der Waals surface area (Å²) in [5.41, 5.74) is 2.44. The van der Waals surface area contributed by atoms with Crippen molar-refractivity contribution < 1.29 is 14.0 Å². The summed E-state index contributed by atoms with van der Waals surface area (Å²) < 4.78 is 13.0. The second-order valence-electron chi connectivity index (χ2n) is 5.85. The summed E-state index contributed by atoms with van der Waals surface area (Å²) in [6, 6.07) is 5.32.